The maximum atomic E-state index is 12.8. The summed E-state index contributed by atoms with van der Waals surface area (Å²) in [6.07, 6.45) is 1.20. The summed E-state index contributed by atoms with van der Waals surface area (Å²) in [6, 6.07) is 6.73. The van der Waals surface area contributed by atoms with E-state index >= 15 is 0 Å². The number of hydrogen-bond acceptors (Lipinski definition) is 6. The highest BCUT2D eigenvalue weighted by Crippen LogP contribution is 2.35. The predicted octanol–water partition coefficient (Wildman–Crippen LogP) is 3.58. The van der Waals surface area contributed by atoms with Crippen LogP contribution in [-0.2, 0) is 9.59 Å². The first-order chi connectivity index (χ1) is 13.7. The predicted molar refractivity (Wildman–Crippen MR) is 105 cm³/mol. The van der Waals surface area contributed by atoms with Gasteiger partial charge in [0.05, 0.1) is 27.8 Å². The van der Waals surface area contributed by atoms with Crippen molar-refractivity contribution in [2.75, 3.05) is 12.0 Å². The summed E-state index contributed by atoms with van der Waals surface area (Å²) in [7, 11) is 1.38. The van der Waals surface area contributed by atoms with Crippen molar-refractivity contribution in [1.29, 1.82) is 0 Å². The van der Waals surface area contributed by atoms with E-state index in [2.05, 4.69) is 0 Å². The largest absolute Gasteiger partial charge is 0.494 e. The van der Waals surface area contributed by atoms with E-state index < -0.39 is 22.8 Å². The van der Waals surface area contributed by atoms with Crippen LogP contribution in [0.3, 0.4) is 0 Å². The second-order valence-corrected chi connectivity index (χ2v) is 6.57. The summed E-state index contributed by atoms with van der Waals surface area (Å²) in [5, 5.41) is 13.3. The highest BCUT2D eigenvalue weighted by atomic mass is 35.5. The molecule has 1 aliphatic rings. The molecule has 1 N–H and O–H groups in total. The minimum Gasteiger partial charge on any atom is -0.494 e. The van der Waals surface area contributed by atoms with Crippen LogP contribution in [0.2, 0.25) is 10.0 Å². The second kappa shape index (κ2) is 7.90. The molecule has 0 aliphatic carbocycles. The normalized spacial score (nSPS) is 15.5. The molecule has 2 aromatic rings. The average Bonchev–Trinajstić information content (AvgIpc) is 2.65. The van der Waals surface area contributed by atoms with Gasteiger partial charge in [-0.2, -0.15) is 0 Å². The Labute approximate surface area is 173 Å². The number of amides is 4. The Hall–Kier alpha value is -3.43. The maximum Gasteiger partial charge on any atom is 0.335 e. The van der Waals surface area contributed by atoms with Crippen LogP contribution >= 0.6 is 23.2 Å². The third kappa shape index (κ3) is 3.91. The van der Waals surface area contributed by atoms with Gasteiger partial charge in [-0.15, -0.1) is 0 Å². The van der Waals surface area contributed by atoms with Crippen LogP contribution in [-0.4, -0.2) is 29.9 Å². The van der Waals surface area contributed by atoms with E-state index in [4.69, 9.17) is 27.9 Å². The van der Waals surface area contributed by atoms with E-state index in [1.54, 1.807) is 0 Å². The van der Waals surface area contributed by atoms with Crippen LogP contribution < -0.4 is 15.0 Å². The zero-order valence-corrected chi connectivity index (χ0v) is 16.2. The number of non-ortho nitro benzene ring substituents is 1. The molecule has 0 unspecified atom stereocenters. The summed E-state index contributed by atoms with van der Waals surface area (Å²) >= 11 is 12.1. The molecular weight excluding hydrogens is 425 g/mol. The Bertz CT molecular complexity index is 1080. The number of urea groups is 1. The van der Waals surface area contributed by atoms with Gasteiger partial charge in [-0.3, -0.25) is 25.0 Å². The van der Waals surface area contributed by atoms with Gasteiger partial charge in [-0.05, 0) is 29.8 Å². The molecule has 0 aromatic heterocycles. The first-order valence-corrected chi connectivity index (χ1v) is 8.67. The number of nitrogens with zero attached hydrogens (tertiary/aromatic N) is 2. The third-order valence-electron chi connectivity index (χ3n) is 3.94. The fourth-order valence-corrected chi connectivity index (χ4v) is 3.32. The number of rotatable bonds is 4. The highest BCUT2D eigenvalue weighted by molar-refractivity contribution is 6.40. The molecule has 4 amide bonds. The Kier molecular flexibility index (Phi) is 5.53. The molecule has 0 saturated carbocycles. The molecule has 2 aromatic carbocycles. The molecule has 1 fully saturated rings. The number of carbonyl (C=O) groups excluding carboxylic acids is 3. The van der Waals surface area contributed by atoms with E-state index in [1.165, 1.54) is 43.5 Å². The van der Waals surface area contributed by atoms with Gasteiger partial charge in [0.2, 0.25) is 0 Å². The van der Waals surface area contributed by atoms with Crippen LogP contribution in [0.1, 0.15) is 5.56 Å². The molecule has 148 valence electrons. The van der Waals surface area contributed by atoms with E-state index in [0.717, 1.165) is 6.07 Å². The fourth-order valence-electron chi connectivity index (χ4n) is 2.66. The van der Waals surface area contributed by atoms with Crippen molar-refractivity contribution < 1.29 is 24.0 Å². The van der Waals surface area contributed by atoms with E-state index in [0.29, 0.717) is 10.5 Å². The Morgan fingerprint density at radius 2 is 1.79 bits per heavy atom. The van der Waals surface area contributed by atoms with Crippen molar-refractivity contribution in [3.05, 3.63) is 67.7 Å². The van der Waals surface area contributed by atoms with Crippen LogP contribution in [0, 0.1) is 10.1 Å². The number of nitrogens with one attached hydrogen (secondary N) is 1. The number of barbiturate groups is 1. The van der Waals surface area contributed by atoms with Gasteiger partial charge in [-0.1, -0.05) is 29.3 Å². The Morgan fingerprint density at radius 1 is 1.14 bits per heavy atom. The summed E-state index contributed by atoms with van der Waals surface area (Å²) in [5.74, 6) is -1.66. The van der Waals surface area contributed by atoms with E-state index in [-0.39, 0.29) is 32.7 Å². The van der Waals surface area contributed by atoms with Crippen LogP contribution in [0.25, 0.3) is 6.08 Å². The fraction of sp³-hybridized carbons (Fsp3) is 0.0556. The molecule has 9 nitrogen and oxygen atoms in total. The van der Waals surface area contributed by atoms with Crippen LogP contribution in [0.15, 0.2) is 42.0 Å². The number of halogens is 2. The van der Waals surface area contributed by atoms with Crippen molar-refractivity contribution in [2.24, 2.45) is 0 Å². The molecule has 0 spiro atoms. The number of methoxy groups -OCH3 is 1. The van der Waals surface area contributed by atoms with Gasteiger partial charge < -0.3 is 4.74 Å². The van der Waals surface area contributed by atoms with Gasteiger partial charge in [0.1, 0.15) is 5.57 Å². The molecule has 0 atom stereocenters. The average molecular weight is 436 g/mol. The standard InChI is InChI=1S/C18H11Cl2N3O6/c1-29-15-13(19)6-9(7-14(15)20)5-12-16(24)21-18(26)22(17(12)25)10-3-2-4-11(8-10)23(27)28/h2-8H,1H3,(H,21,24,26)/b12-5+. The first-order valence-electron chi connectivity index (χ1n) is 7.92. The molecule has 1 saturated heterocycles. The molecule has 0 radical (unpaired) electrons. The molecule has 0 bridgehead atoms. The SMILES string of the molecule is COc1c(Cl)cc(/C=C2\C(=O)NC(=O)N(c3cccc([N+](=O)[O-])c3)C2=O)cc1Cl. The van der Waals surface area contributed by atoms with Gasteiger partial charge in [0.25, 0.3) is 17.5 Å². The lowest BCUT2D eigenvalue weighted by Crippen LogP contribution is -2.54. The zero-order valence-electron chi connectivity index (χ0n) is 14.6. The minimum absolute atomic E-state index is 0.0640. The van der Waals surface area contributed by atoms with Crippen molar-refractivity contribution in [3.8, 4) is 5.75 Å². The molecule has 3 rings (SSSR count). The van der Waals surface area contributed by atoms with Crippen LogP contribution in [0.4, 0.5) is 16.2 Å². The lowest BCUT2D eigenvalue weighted by molar-refractivity contribution is -0.384. The van der Waals surface area contributed by atoms with Gasteiger partial charge in [0, 0.05) is 12.1 Å². The number of nitro groups is 1. The quantitative estimate of drug-likeness (QED) is 0.339. The van der Waals surface area contributed by atoms with Gasteiger partial charge in [-0.25, -0.2) is 9.69 Å². The topological polar surface area (TPSA) is 119 Å². The van der Waals surface area contributed by atoms with Crippen LogP contribution in [0.5, 0.6) is 5.75 Å². The summed E-state index contributed by atoms with van der Waals surface area (Å²) < 4.78 is 5.04. The monoisotopic (exact) mass is 435 g/mol. The number of carbonyl (C=O) groups is 3. The van der Waals surface area contributed by atoms with E-state index in [1.807, 2.05) is 5.32 Å². The van der Waals surface area contributed by atoms with Gasteiger partial charge >= 0.3 is 6.03 Å². The highest BCUT2D eigenvalue weighted by Gasteiger charge is 2.37. The maximum absolute atomic E-state index is 12.8. The number of ether oxygens (including phenoxy) is 1. The first kappa shape index (κ1) is 20.3. The number of anilines is 1. The zero-order chi connectivity index (χ0) is 21.3. The smallest absolute Gasteiger partial charge is 0.335 e. The van der Waals surface area contributed by atoms with E-state index in [9.17, 15) is 24.5 Å². The minimum atomic E-state index is -1.02. The molecule has 29 heavy (non-hydrogen) atoms. The second-order valence-electron chi connectivity index (χ2n) is 5.75. The molecule has 11 heteroatoms. The molecular formula is C18H11Cl2N3O6. The Morgan fingerprint density at radius 3 is 2.38 bits per heavy atom. The van der Waals surface area contributed by atoms with Crippen molar-refractivity contribution in [3.63, 3.8) is 0 Å². The van der Waals surface area contributed by atoms with Crippen molar-refractivity contribution in [2.45, 2.75) is 0 Å². The van der Waals surface area contributed by atoms with Gasteiger partial charge in [0.15, 0.2) is 5.75 Å². The summed E-state index contributed by atoms with van der Waals surface area (Å²) in [5.41, 5.74) is -0.453. The number of nitro benzene ring substituents is 1. The van der Waals surface area contributed by atoms with Crippen molar-refractivity contribution >= 4 is 58.5 Å². The Balaban J connectivity index is 2.05. The number of imide groups is 2. The van der Waals surface area contributed by atoms with Crippen molar-refractivity contribution in [1.82, 2.24) is 5.32 Å². The number of hydrogen-bond donors (Lipinski definition) is 1. The lowest BCUT2D eigenvalue weighted by Gasteiger charge is -2.26. The molecule has 1 heterocycles. The summed E-state index contributed by atoms with van der Waals surface area (Å²) in [6.45, 7) is 0. The third-order valence-corrected chi connectivity index (χ3v) is 4.50. The lowest BCUT2D eigenvalue weighted by atomic mass is 10.1. The number of benzene rings is 2. The summed E-state index contributed by atoms with van der Waals surface area (Å²) in [4.78, 5) is 48.2. The molecule has 1 aliphatic heterocycles.